The van der Waals surface area contributed by atoms with Gasteiger partial charge in [0.1, 0.15) is 0 Å². The molecule has 0 spiro atoms. The Morgan fingerprint density at radius 2 is 1.59 bits per heavy atom. The Balaban J connectivity index is 1.60. The SMILES string of the molecule is CC(=O)Nc1ccc(N2CCN(C(=O)Nc3c(C)cccc3C(C)C)CC2)cc1. The van der Waals surface area contributed by atoms with Crippen LogP contribution >= 0.6 is 0 Å². The van der Waals surface area contributed by atoms with Crippen LogP contribution in [0.5, 0.6) is 0 Å². The maximum Gasteiger partial charge on any atom is 0.321 e. The lowest BCUT2D eigenvalue weighted by Crippen LogP contribution is -2.50. The van der Waals surface area contributed by atoms with Crippen molar-refractivity contribution < 1.29 is 9.59 Å². The monoisotopic (exact) mass is 394 g/mol. The van der Waals surface area contributed by atoms with Crippen molar-refractivity contribution in [1.29, 1.82) is 0 Å². The third-order valence-corrected chi connectivity index (χ3v) is 5.28. The summed E-state index contributed by atoms with van der Waals surface area (Å²) < 4.78 is 0. The van der Waals surface area contributed by atoms with Crippen LogP contribution in [0.4, 0.5) is 21.9 Å². The summed E-state index contributed by atoms with van der Waals surface area (Å²) in [5.41, 5.74) is 5.07. The van der Waals surface area contributed by atoms with Gasteiger partial charge in [0, 0.05) is 50.2 Å². The van der Waals surface area contributed by atoms with Crippen LogP contribution in [0.15, 0.2) is 42.5 Å². The normalized spacial score (nSPS) is 14.1. The summed E-state index contributed by atoms with van der Waals surface area (Å²) in [5.74, 6) is 0.272. The molecule has 154 valence electrons. The smallest absolute Gasteiger partial charge is 0.321 e. The summed E-state index contributed by atoms with van der Waals surface area (Å²) in [7, 11) is 0. The molecule has 6 nitrogen and oxygen atoms in total. The molecule has 0 unspecified atom stereocenters. The van der Waals surface area contributed by atoms with Crippen LogP contribution in [0.3, 0.4) is 0 Å². The van der Waals surface area contributed by atoms with E-state index in [1.165, 1.54) is 6.92 Å². The highest BCUT2D eigenvalue weighted by Crippen LogP contribution is 2.28. The molecule has 6 heteroatoms. The van der Waals surface area contributed by atoms with Gasteiger partial charge in [0.15, 0.2) is 0 Å². The lowest BCUT2D eigenvalue weighted by Gasteiger charge is -2.36. The van der Waals surface area contributed by atoms with Crippen molar-refractivity contribution in [3.63, 3.8) is 0 Å². The number of carbonyl (C=O) groups is 2. The van der Waals surface area contributed by atoms with Gasteiger partial charge in [-0.1, -0.05) is 32.0 Å². The molecular weight excluding hydrogens is 364 g/mol. The van der Waals surface area contributed by atoms with Crippen LogP contribution in [0.25, 0.3) is 0 Å². The number of carbonyl (C=O) groups excluding carboxylic acids is 2. The summed E-state index contributed by atoms with van der Waals surface area (Å²) in [4.78, 5) is 28.1. The number of urea groups is 1. The molecule has 2 aromatic rings. The number of amides is 3. The molecule has 2 aromatic carbocycles. The fraction of sp³-hybridized carbons (Fsp3) is 0.391. The zero-order chi connectivity index (χ0) is 21.0. The van der Waals surface area contributed by atoms with Crippen LogP contribution in [0, 0.1) is 6.92 Å². The van der Waals surface area contributed by atoms with Crippen molar-refractivity contribution in [3.8, 4) is 0 Å². The summed E-state index contributed by atoms with van der Waals surface area (Å²) in [6.07, 6.45) is 0. The summed E-state index contributed by atoms with van der Waals surface area (Å²) in [6.45, 7) is 10.7. The molecule has 0 saturated carbocycles. The summed E-state index contributed by atoms with van der Waals surface area (Å²) in [6, 6.07) is 13.9. The molecule has 1 fully saturated rings. The minimum Gasteiger partial charge on any atom is -0.368 e. The first-order valence-corrected chi connectivity index (χ1v) is 10.1. The molecule has 1 aliphatic heterocycles. The van der Waals surface area contributed by atoms with E-state index in [4.69, 9.17) is 0 Å². The minimum absolute atomic E-state index is 0.0399. The second kappa shape index (κ2) is 8.99. The van der Waals surface area contributed by atoms with Crippen molar-refractivity contribution >= 4 is 29.0 Å². The van der Waals surface area contributed by atoms with Crippen LogP contribution < -0.4 is 15.5 Å². The van der Waals surface area contributed by atoms with Gasteiger partial charge in [-0.25, -0.2) is 4.79 Å². The molecule has 0 aliphatic carbocycles. The minimum atomic E-state index is -0.0772. The van der Waals surface area contributed by atoms with E-state index < -0.39 is 0 Å². The predicted molar refractivity (Wildman–Crippen MR) is 119 cm³/mol. The number of para-hydroxylation sites is 1. The van der Waals surface area contributed by atoms with Crippen molar-refractivity contribution in [2.45, 2.75) is 33.6 Å². The summed E-state index contributed by atoms with van der Waals surface area (Å²) in [5, 5.41) is 5.92. The number of hydrogen-bond donors (Lipinski definition) is 2. The van der Waals surface area contributed by atoms with Gasteiger partial charge in [-0.05, 0) is 48.2 Å². The molecular formula is C23H30N4O2. The average Bonchev–Trinajstić information content (AvgIpc) is 2.69. The van der Waals surface area contributed by atoms with Gasteiger partial charge < -0.3 is 20.4 Å². The van der Waals surface area contributed by atoms with E-state index in [0.717, 1.165) is 41.3 Å². The Bertz CT molecular complexity index is 869. The van der Waals surface area contributed by atoms with E-state index in [1.54, 1.807) is 0 Å². The lowest BCUT2D eigenvalue weighted by atomic mass is 9.98. The number of nitrogens with one attached hydrogen (secondary N) is 2. The Morgan fingerprint density at radius 1 is 0.931 bits per heavy atom. The van der Waals surface area contributed by atoms with Crippen LogP contribution in [0.1, 0.15) is 37.8 Å². The van der Waals surface area contributed by atoms with E-state index >= 15 is 0 Å². The molecule has 0 aromatic heterocycles. The average molecular weight is 395 g/mol. The van der Waals surface area contributed by atoms with E-state index in [9.17, 15) is 9.59 Å². The van der Waals surface area contributed by atoms with E-state index in [0.29, 0.717) is 19.0 Å². The molecule has 1 aliphatic rings. The highest BCUT2D eigenvalue weighted by atomic mass is 16.2. The quantitative estimate of drug-likeness (QED) is 0.806. The van der Waals surface area contributed by atoms with E-state index in [-0.39, 0.29) is 11.9 Å². The molecule has 1 heterocycles. The van der Waals surface area contributed by atoms with Gasteiger partial charge in [0.05, 0.1) is 0 Å². The second-order valence-electron chi connectivity index (χ2n) is 7.83. The van der Waals surface area contributed by atoms with Crippen LogP contribution in [-0.2, 0) is 4.79 Å². The Labute approximate surface area is 172 Å². The van der Waals surface area contributed by atoms with Gasteiger partial charge >= 0.3 is 6.03 Å². The van der Waals surface area contributed by atoms with Crippen molar-refractivity contribution in [2.75, 3.05) is 41.7 Å². The zero-order valence-corrected chi connectivity index (χ0v) is 17.7. The number of nitrogens with zero attached hydrogens (tertiary/aromatic N) is 2. The fourth-order valence-electron chi connectivity index (χ4n) is 3.65. The number of piperazine rings is 1. The largest absolute Gasteiger partial charge is 0.368 e. The number of benzene rings is 2. The molecule has 0 bridgehead atoms. The third-order valence-electron chi connectivity index (χ3n) is 5.28. The zero-order valence-electron chi connectivity index (χ0n) is 17.7. The molecule has 29 heavy (non-hydrogen) atoms. The van der Waals surface area contributed by atoms with Crippen LogP contribution in [-0.4, -0.2) is 43.0 Å². The number of aryl methyl sites for hydroxylation is 1. The van der Waals surface area contributed by atoms with Crippen molar-refractivity contribution in [3.05, 3.63) is 53.6 Å². The molecule has 0 atom stereocenters. The first-order chi connectivity index (χ1) is 13.8. The number of hydrogen-bond acceptors (Lipinski definition) is 3. The van der Waals surface area contributed by atoms with Crippen molar-refractivity contribution in [2.24, 2.45) is 0 Å². The van der Waals surface area contributed by atoms with Gasteiger partial charge in [-0.2, -0.15) is 0 Å². The molecule has 1 saturated heterocycles. The first-order valence-electron chi connectivity index (χ1n) is 10.1. The first kappa shape index (κ1) is 20.7. The molecule has 0 radical (unpaired) electrons. The number of rotatable bonds is 4. The molecule has 3 amide bonds. The van der Waals surface area contributed by atoms with Gasteiger partial charge in [0.2, 0.25) is 5.91 Å². The lowest BCUT2D eigenvalue weighted by molar-refractivity contribution is -0.114. The Morgan fingerprint density at radius 3 is 2.17 bits per heavy atom. The van der Waals surface area contributed by atoms with Crippen molar-refractivity contribution in [1.82, 2.24) is 4.90 Å². The highest BCUT2D eigenvalue weighted by molar-refractivity contribution is 5.91. The molecule has 3 rings (SSSR count). The highest BCUT2D eigenvalue weighted by Gasteiger charge is 2.22. The van der Waals surface area contributed by atoms with E-state index in [1.807, 2.05) is 48.2 Å². The fourth-order valence-corrected chi connectivity index (χ4v) is 3.65. The molecule has 2 N–H and O–H groups in total. The van der Waals surface area contributed by atoms with Crippen LogP contribution in [0.2, 0.25) is 0 Å². The van der Waals surface area contributed by atoms with Gasteiger partial charge in [-0.3, -0.25) is 4.79 Å². The van der Waals surface area contributed by atoms with E-state index in [2.05, 4.69) is 35.4 Å². The predicted octanol–water partition coefficient (Wildman–Crippen LogP) is 4.43. The maximum atomic E-state index is 12.8. The van der Waals surface area contributed by atoms with Gasteiger partial charge in [0.25, 0.3) is 0 Å². The number of anilines is 3. The second-order valence-corrected chi connectivity index (χ2v) is 7.83. The van der Waals surface area contributed by atoms with Gasteiger partial charge in [-0.15, -0.1) is 0 Å². The summed E-state index contributed by atoms with van der Waals surface area (Å²) >= 11 is 0. The maximum absolute atomic E-state index is 12.8. The standard InChI is InChI=1S/C23H30N4O2/c1-16(2)21-7-5-6-17(3)22(21)25-23(29)27-14-12-26(13-15-27)20-10-8-19(9-11-20)24-18(4)28/h5-11,16H,12-15H2,1-4H3,(H,24,28)(H,25,29). The Kier molecular flexibility index (Phi) is 6.42. The topological polar surface area (TPSA) is 64.7 Å². The Hall–Kier alpha value is -3.02. The third kappa shape index (κ3) is 5.08.